The van der Waals surface area contributed by atoms with Gasteiger partial charge >= 0.3 is 8.60 Å². The largest absolute Gasteiger partial charge is 0.530 e. The number of allylic oxidation sites excluding steroid dienone is 5. The summed E-state index contributed by atoms with van der Waals surface area (Å²) in [5, 5.41) is 0. The smallest absolute Gasteiger partial charge is 0.408 e. The van der Waals surface area contributed by atoms with Gasteiger partial charge in [0.2, 0.25) is 0 Å². The van der Waals surface area contributed by atoms with E-state index in [1.807, 2.05) is 78.9 Å². The summed E-state index contributed by atoms with van der Waals surface area (Å²) in [6, 6.07) is 19.9. The van der Waals surface area contributed by atoms with Crippen molar-refractivity contribution >= 4 is 8.60 Å². The third-order valence-electron chi connectivity index (χ3n) is 5.74. The third-order valence-corrected chi connectivity index (χ3v) is 6.78. The lowest BCUT2D eigenvalue weighted by Gasteiger charge is -2.23. The molecule has 0 saturated carbocycles. The monoisotopic (exact) mass is 510 g/mol. The molecule has 3 aromatic rings. The highest BCUT2D eigenvalue weighted by Crippen LogP contribution is 2.46. The van der Waals surface area contributed by atoms with Gasteiger partial charge in [0.15, 0.2) is 0 Å². The Bertz CT molecular complexity index is 1170. The van der Waals surface area contributed by atoms with E-state index >= 15 is 0 Å². The van der Waals surface area contributed by atoms with Crippen LogP contribution in [0.5, 0.6) is 17.2 Å². The molecule has 0 bridgehead atoms. The molecule has 0 aliphatic heterocycles. The molecule has 190 valence electrons. The second-order valence-corrected chi connectivity index (χ2v) is 9.35. The van der Waals surface area contributed by atoms with Crippen LogP contribution in [0.2, 0.25) is 0 Å². The average molecular weight is 511 g/mol. The minimum Gasteiger partial charge on any atom is -0.408 e. The summed E-state index contributed by atoms with van der Waals surface area (Å²) in [4.78, 5) is 0. The average Bonchev–Trinajstić information content (AvgIpc) is 2.89. The molecule has 0 atom stereocenters. The topological polar surface area (TPSA) is 27.7 Å². The zero-order chi connectivity index (χ0) is 26.5. The first-order valence-corrected chi connectivity index (χ1v) is 13.4. The summed E-state index contributed by atoms with van der Waals surface area (Å²) in [6.45, 7) is 19.6. The van der Waals surface area contributed by atoms with Crippen molar-refractivity contribution in [1.82, 2.24) is 0 Å². The summed E-state index contributed by atoms with van der Waals surface area (Å²) < 4.78 is 19.5. The van der Waals surface area contributed by atoms with Gasteiger partial charge in [-0.15, -0.1) is 32.9 Å². The molecule has 0 N–H and O–H groups in total. The van der Waals surface area contributed by atoms with Crippen molar-refractivity contribution in [3.63, 3.8) is 0 Å². The van der Waals surface area contributed by atoms with Gasteiger partial charge < -0.3 is 13.6 Å². The summed E-state index contributed by atoms with van der Waals surface area (Å²) in [7, 11) is -1.87. The van der Waals surface area contributed by atoms with E-state index in [-0.39, 0.29) is 0 Å². The molecule has 4 heteroatoms. The van der Waals surface area contributed by atoms with Crippen LogP contribution >= 0.6 is 8.60 Å². The SMILES string of the molecule is C=CCc1ccccc1OP(Oc1cccc(CC=C)c1CC=C)Oc1cccc(CC=C)c1CC=C. The van der Waals surface area contributed by atoms with Crippen molar-refractivity contribution in [1.29, 1.82) is 0 Å². The van der Waals surface area contributed by atoms with Gasteiger partial charge in [-0.3, -0.25) is 0 Å². The molecule has 37 heavy (non-hydrogen) atoms. The van der Waals surface area contributed by atoms with Crippen LogP contribution in [0.4, 0.5) is 0 Å². The van der Waals surface area contributed by atoms with Crippen molar-refractivity contribution in [2.75, 3.05) is 0 Å². The predicted molar refractivity (Wildman–Crippen MR) is 158 cm³/mol. The van der Waals surface area contributed by atoms with Crippen LogP contribution in [-0.2, 0) is 32.1 Å². The second-order valence-electron chi connectivity index (χ2n) is 8.36. The molecular formula is C33H35O3P. The van der Waals surface area contributed by atoms with Gasteiger partial charge in [0.1, 0.15) is 17.2 Å². The van der Waals surface area contributed by atoms with Gasteiger partial charge in [0.25, 0.3) is 0 Å². The van der Waals surface area contributed by atoms with Crippen LogP contribution in [0, 0.1) is 0 Å². The van der Waals surface area contributed by atoms with Gasteiger partial charge in [0, 0.05) is 11.1 Å². The Labute approximate surface area is 223 Å². The number of hydrogen-bond acceptors (Lipinski definition) is 3. The highest BCUT2D eigenvalue weighted by molar-refractivity contribution is 7.43. The van der Waals surface area contributed by atoms with Crippen LogP contribution in [0.1, 0.15) is 27.8 Å². The lowest BCUT2D eigenvalue weighted by molar-refractivity contribution is 0.383. The van der Waals surface area contributed by atoms with Crippen LogP contribution in [-0.4, -0.2) is 0 Å². The van der Waals surface area contributed by atoms with Gasteiger partial charge in [-0.25, -0.2) is 0 Å². The number of hydrogen-bond donors (Lipinski definition) is 0. The van der Waals surface area contributed by atoms with E-state index in [0.29, 0.717) is 36.5 Å². The van der Waals surface area contributed by atoms with E-state index in [4.69, 9.17) is 13.6 Å². The molecule has 3 aromatic carbocycles. The van der Waals surface area contributed by atoms with Crippen LogP contribution < -0.4 is 13.6 Å². The first kappa shape index (κ1) is 27.8. The molecule has 0 spiro atoms. The fourth-order valence-electron chi connectivity index (χ4n) is 4.05. The van der Waals surface area contributed by atoms with Crippen LogP contribution in [0.25, 0.3) is 0 Å². The van der Waals surface area contributed by atoms with E-state index in [9.17, 15) is 0 Å². The third kappa shape index (κ3) is 7.59. The Morgan fingerprint density at radius 1 is 0.459 bits per heavy atom. The Hall–Kier alpha value is -3.81. The maximum Gasteiger partial charge on any atom is 0.530 e. The summed E-state index contributed by atoms with van der Waals surface area (Å²) in [5.41, 5.74) is 5.37. The van der Waals surface area contributed by atoms with E-state index in [1.54, 1.807) is 0 Å². The quantitative estimate of drug-likeness (QED) is 0.142. The van der Waals surface area contributed by atoms with Crippen molar-refractivity contribution in [2.24, 2.45) is 0 Å². The Kier molecular flexibility index (Phi) is 11.0. The van der Waals surface area contributed by atoms with Crippen LogP contribution in [0.15, 0.2) is 124 Å². The van der Waals surface area contributed by atoms with Gasteiger partial charge in [0.05, 0.1) is 0 Å². The number of para-hydroxylation sites is 1. The molecule has 0 aromatic heterocycles. The standard InChI is InChI=1S/C33H35O3P/c1-6-15-26-21-13-24-32(29(26)18-9-4)35-37(34-31-23-12-11-20-28(31)17-8-3)36-33-25-14-22-27(16-7-2)30(33)19-10-5/h6-14,20-25H,1-5,15-19H2. The molecule has 0 fully saturated rings. The Morgan fingerprint density at radius 3 is 1.32 bits per heavy atom. The predicted octanol–water partition coefficient (Wildman–Crippen LogP) is 9.09. The number of benzene rings is 3. The zero-order valence-corrected chi connectivity index (χ0v) is 22.3. The Morgan fingerprint density at radius 2 is 0.838 bits per heavy atom. The molecule has 0 unspecified atom stereocenters. The van der Waals surface area contributed by atoms with Crippen LogP contribution in [0.3, 0.4) is 0 Å². The fourth-order valence-corrected chi connectivity index (χ4v) is 5.17. The van der Waals surface area contributed by atoms with E-state index in [1.165, 1.54) is 0 Å². The summed E-state index contributed by atoms with van der Waals surface area (Å²) in [5.74, 6) is 2.12. The molecule has 0 radical (unpaired) electrons. The molecule has 0 amide bonds. The minimum absolute atomic E-state index is 0.659. The van der Waals surface area contributed by atoms with Crippen molar-refractivity contribution in [2.45, 2.75) is 32.1 Å². The normalized spacial score (nSPS) is 10.4. The molecule has 0 aliphatic rings. The van der Waals surface area contributed by atoms with Crippen molar-refractivity contribution in [3.8, 4) is 17.2 Å². The Balaban J connectivity index is 2.06. The molecule has 3 rings (SSSR count). The molecular weight excluding hydrogens is 475 g/mol. The summed E-state index contributed by atoms with van der Waals surface area (Å²) in [6.07, 6.45) is 12.8. The number of rotatable bonds is 16. The van der Waals surface area contributed by atoms with E-state index < -0.39 is 8.60 Å². The highest BCUT2D eigenvalue weighted by atomic mass is 31.2. The fraction of sp³-hybridized carbons (Fsp3) is 0.152. The first-order chi connectivity index (χ1) is 18.1. The molecule has 0 heterocycles. The highest BCUT2D eigenvalue weighted by Gasteiger charge is 2.24. The van der Waals surface area contributed by atoms with Gasteiger partial charge in [-0.05, 0) is 67.0 Å². The maximum absolute atomic E-state index is 6.53. The van der Waals surface area contributed by atoms with E-state index in [0.717, 1.165) is 40.7 Å². The lowest BCUT2D eigenvalue weighted by atomic mass is 10.0. The minimum atomic E-state index is -1.87. The zero-order valence-electron chi connectivity index (χ0n) is 21.4. The van der Waals surface area contributed by atoms with Gasteiger partial charge in [-0.1, -0.05) is 72.8 Å². The summed E-state index contributed by atoms with van der Waals surface area (Å²) >= 11 is 0. The van der Waals surface area contributed by atoms with Crippen molar-refractivity contribution in [3.05, 3.63) is 152 Å². The molecule has 0 saturated heterocycles. The second kappa shape index (κ2) is 14.7. The van der Waals surface area contributed by atoms with Gasteiger partial charge in [-0.2, -0.15) is 0 Å². The molecule has 0 aliphatic carbocycles. The first-order valence-electron chi connectivity index (χ1n) is 12.3. The molecule has 3 nitrogen and oxygen atoms in total. The lowest BCUT2D eigenvalue weighted by Crippen LogP contribution is -2.07. The van der Waals surface area contributed by atoms with Crippen molar-refractivity contribution < 1.29 is 13.6 Å². The maximum atomic E-state index is 6.53. The van der Waals surface area contributed by atoms with E-state index in [2.05, 4.69) is 45.0 Å².